The Hall–Kier alpha value is -0.160. The van der Waals surface area contributed by atoms with Crippen molar-refractivity contribution in [3.63, 3.8) is 0 Å². The molecule has 4 nitrogen and oxygen atoms in total. The van der Waals surface area contributed by atoms with Crippen LogP contribution < -0.4 is 0 Å². The van der Waals surface area contributed by atoms with Gasteiger partial charge >= 0.3 is 0 Å². The van der Waals surface area contributed by atoms with Crippen molar-refractivity contribution in [3.05, 3.63) is 0 Å². The van der Waals surface area contributed by atoms with Crippen LogP contribution in [0.15, 0.2) is 0 Å². The van der Waals surface area contributed by atoms with Crippen LogP contribution in [0, 0.1) is 0 Å². The second-order valence-corrected chi connectivity index (χ2v) is 5.28. The predicted molar refractivity (Wildman–Crippen MR) is 63.7 cm³/mol. The van der Waals surface area contributed by atoms with Gasteiger partial charge in [-0.2, -0.15) is 0 Å². The Morgan fingerprint density at radius 1 is 1.12 bits per heavy atom. The van der Waals surface area contributed by atoms with E-state index in [0.29, 0.717) is 6.61 Å². The number of rotatable bonds is 7. The monoisotopic (exact) mass is 244 g/mol. The SMILES string of the molecule is COCCCCCCC12OCCC(C)(CO1)O2. The molecule has 2 saturated heterocycles. The van der Waals surface area contributed by atoms with Crippen molar-refractivity contribution >= 4 is 0 Å². The largest absolute Gasteiger partial charge is 0.385 e. The summed E-state index contributed by atoms with van der Waals surface area (Å²) in [7, 11) is 1.75. The van der Waals surface area contributed by atoms with Crippen LogP contribution in [-0.4, -0.2) is 38.5 Å². The van der Waals surface area contributed by atoms with Gasteiger partial charge in [0.25, 0.3) is 5.97 Å². The maximum atomic E-state index is 5.93. The molecule has 0 saturated carbocycles. The predicted octanol–water partition coefficient (Wildman–Crippen LogP) is 2.46. The van der Waals surface area contributed by atoms with Crippen molar-refractivity contribution in [2.45, 2.75) is 57.0 Å². The minimum Gasteiger partial charge on any atom is -0.385 e. The molecule has 0 amide bonds. The summed E-state index contributed by atoms with van der Waals surface area (Å²) >= 11 is 0. The fourth-order valence-electron chi connectivity index (χ4n) is 2.45. The quantitative estimate of drug-likeness (QED) is 0.645. The van der Waals surface area contributed by atoms with E-state index in [4.69, 9.17) is 18.9 Å². The lowest BCUT2D eigenvalue weighted by Crippen LogP contribution is -2.43. The van der Waals surface area contributed by atoms with E-state index in [0.717, 1.165) is 38.9 Å². The van der Waals surface area contributed by atoms with Gasteiger partial charge in [0.15, 0.2) is 0 Å². The number of fused-ring (bicyclic) bond motifs is 2. The molecule has 2 unspecified atom stereocenters. The summed E-state index contributed by atoms with van der Waals surface area (Å²) in [5.41, 5.74) is -0.117. The third-order valence-corrected chi connectivity index (χ3v) is 3.53. The number of hydrogen-bond donors (Lipinski definition) is 0. The highest BCUT2D eigenvalue weighted by molar-refractivity contribution is 4.87. The molecule has 2 bridgehead atoms. The molecule has 0 aliphatic carbocycles. The zero-order chi connectivity index (χ0) is 12.2. The van der Waals surface area contributed by atoms with Crippen LogP contribution >= 0.6 is 0 Å². The van der Waals surface area contributed by atoms with Crippen molar-refractivity contribution in [1.29, 1.82) is 0 Å². The van der Waals surface area contributed by atoms with Gasteiger partial charge < -0.3 is 18.9 Å². The highest BCUT2D eigenvalue weighted by Gasteiger charge is 2.52. The molecule has 2 aliphatic rings. The first-order valence-corrected chi connectivity index (χ1v) is 6.65. The Labute approximate surface area is 104 Å². The Bertz CT molecular complexity index is 246. The van der Waals surface area contributed by atoms with Crippen LogP contribution in [0.3, 0.4) is 0 Å². The van der Waals surface area contributed by atoms with Crippen LogP contribution in [-0.2, 0) is 18.9 Å². The normalized spacial score (nSPS) is 36.4. The van der Waals surface area contributed by atoms with Gasteiger partial charge in [-0.05, 0) is 19.8 Å². The second kappa shape index (κ2) is 5.65. The lowest BCUT2D eigenvalue weighted by atomic mass is 10.0. The molecular formula is C13H24O4. The van der Waals surface area contributed by atoms with Crippen LogP contribution in [0.4, 0.5) is 0 Å². The molecule has 0 aromatic carbocycles. The smallest absolute Gasteiger partial charge is 0.283 e. The molecule has 0 aromatic heterocycles. The van der Waals surface area contributed by atoms with E-state index in [9.17, 15) is 0 Å². The Morgan fingerprint density at radius 2 is 1.94 bits per heavy atom. The molecule has 2 fully saturated rings. The third-order valence-electron chi connectivity index (χ3n) is 3.53. The Morgan fingerprint density at radius 3 is 2.76 bits per heavy atom. The van der Waals surface area contributed by atoms with Gasteiger partial charge in [-0.3, -0.25) is 0 Å². The molecule has 0 radical (unpaired) electrons. The molecule has 2 atom stereocenters. The van der Waals surface area contributed by atoms with Gasteiger partial charge in [-0.15, -0.1) is 0 Å². The third kappa shape index (κ3) is 3.41. The van der Waals surface area contributed by atoms with E-state index in [-0.39, 0.29) is 5.60 Å². The molecule has 0 aromatic rings. The van der Waals surface area contributed by atoms with Gasteiger partial charge in [0.05, 0.1) is 18.8 Å². The lowest BCUT2D eigenvalue weighted by Gasteiger charge is -2.35. The van der Waals surface area contributed by atoms with Crippen molar-refractivity contribution in [2.75, 3.05) is 26.9 Å². The minimum atomic E-state index is -0.728. The summed E-state index contributed by atoms with van der Waals surface area (Å²) in [6, 6.07) is 0. The maximum absolute atomic E-state index is 5.93. The number of ether oxygens (including phenoxy) is 4. The summed E-state index contributed by atoms with van der Waals surface area (Å²) in [4.78, 5) is 0. The Kier molecular flexibility index (Phi) is 4.42. The van der Waals surface area contributed by atoms with Crippen LogP contribution in [0.25, 0.3) is 0 Å². The van der Waals surface area contributed by atoms with Gasteiger partial charge in [-0.1, -0.05) is 12.8 Å². The first-order valence-electron chi connectivity index (χ1n) is 6.65. The van der Waals surface area contributed by atoms with Crippen LogP contribution in [0.2, 0.25) is 0 Å². The van der Waals surface area contributed by atoms with Crippen LogP contribution in [0.5, 0.6) is 0 Å². The molecule has 17 heavy (non-hydrogen) atoms. The second-order valence-electron chi connectivity index (χ2n) is 5.28. The van der Waals surface area contributed by atoms with Crippen LogP contribution in [0.1, 0.15) is 45.4 Å². The van der Waals surface area contributed by atoms with E-state index < -0.39 is 5.97 Å². The summed E-state index contributed by atoms with van der Waals surface area (Å²) in [5.74, 6) is -0.728. The first-order chi connectivity index (χ1) is 8.18. The van der Waals surface area contributed by atoms with E-state index >= 15 is 0 Å². The van der Waals surface area contributed by atoms with Crippen molar-refractivity contribution in [1.82, 2.24) is 0 Å². The molecule has 100 valence electrons. The number of hydrogen-bond acceptors (Lipinski definition) is 4. The fraction of sp³-hybridized carbons (Fsp3) is 1.00. The van der Waals surface area contributed by atoms with Gasteiger partial charge in [-0.25, -0.2) is 0 Å². The molecule has 0 spiro atoms. The molecular weight excluding hydrogens is 220 g/mol. The zero-order valence-corrected chi connectivity index (χ0v) is 11.0. The minimum absolute atomic E-state index is 0.117. The fourth-order valence-corrected chi connectivity index (χ4v) is 2.45. The molecule has 2 rings (SSSR count). The molecule has 0 N–H and O–H groups in total. The topological polar surface area (TPSA) is 36.9 Å². The van der Waals surface area contributed by atoms with E-state index in [1.54, 1.807) is 7.11 Å². The average Bonchev–Trinajstić information content (AvgIpc) is 2.55. The van der Waals surface area contributed by atoms with E-state index in [1.165, 1.54) is 12.8 Å². The summed E-state index contributed by atoms with van der Waals surface area (Å²) in [5, 5.41) is 0. The van der Waals surface area contributed by atoms with E-state index in [1.807, 2.05) is 0 Å². The number of methoxy groups -OCH3 is 1. The molecule has 4 heteroatoms. The lowest BCUT2D eigenvalue weighted by molar-refractivity contribution is -0.369. The van der Waals surface area contributed by atoms with Crippen molar-refractivity contribution in [3.8, 4) is 0 Å². The van der Waals surface area contributed by atoms with Gasteiger partial charge in [0.2, 0.25) is 0 Å². The highest BCUT2D eigenvalue weighted by atomic mass is 16.9. The first kappa shape index (κ1) is 13.3. The molecule has 2 heterocycles. The van der Waals surface area contributed by atoms with Gasteiger partial charge in [0, 0.05) is 26.6 Å². The number of unbranched alkanes of at least 4 members (excludes halogenated alkanes) is 3. The average molecular weight is 244 g/mol. The zero-order valence-electron chi connectivity index (χ0n) is 11.0. The highest BCUT2D eigenvalue weighted by Crippen LogP contribution is 2.41. The van der Waals surface area contributed by atoms with Gasteiger partial charge in [0.1, 0.15) is 0 Å². The Balaban J connectivity index is 1.65. The molecule has 2 aliphatic heterocycles. The standard InChI is InChI=1S/C13H24O4/c1-12-8-10-15-13(17-12,16-11-12)7-5-3-4-6-9-14-2/h3-11H2,1-2H3. The summed E-state index contributed by atoms with van der Waals surface area (Å²) in [6.07, 6.45) is 6.36. The van der Waals surface area contributed by atoms with E-state index in [2.05, 4.69) is 6.92 Å². The van der Waals surface area contributed by atoms with Crippen molar-refractivity contribution < 1.29 is 18.9 Å². The maximum Gasteiger partial charge on any atom is 0.283 e. The summed E-state index contributed by atoms with van der Waals surface area (Å²) < 4.78 is 22.4. The summed E-state index contributed by atoms with van der Waals surface area (Å²) in [6.45, 7) is 4.37. The van der Waals surface area contributed by atoms with Crippen molar-refractivity contribution in [2.24, 2.45) is 0 Å².